The molecule has 1 aliphatic rings. The van der Waals surface area contributed by atoms with Crippen LogP contribution in [0.15, 0.2) is 6.33 Å². The van der Waals surface area contributed by atoms with Gasteiger partial charge in [0.25, 0.3) is 0 Å². The maximum atomic E-state index is 5.28. The van der Waals surface area contributed by atoms with Crippen molar-refractivity contribution in [3.05, 3.63) is 12.2 Å². The molecule has 1 fully saturated rings. The van der Waals surface area contributed by atoms with Crippen molar-refractivity contribution in [2.75, 3.05) is 13.2 Å². The first-order valence-corrected chi connectivity index (χ1v) is 6.29. The maximum Gasteiger partial charge on any atom is 0.138 e. The monoisotopic (exact) mass is 227 g/mol. The maximum absolute atomic E-state index is 5.28. The second-order valence-corrected chi connectivity index (χ2v) is 3.13. The van der Waals surface area contributed by atoms with Crippen molar-refractivity contribution in [2.45, 2.75) is 46.5 Å². The molecule has 0 N–H and O–H groups in total. The van der Waals surface area contributed by atoms with Crippen LogP contribution >= 0.6 is 0 Å². The molecule has 0 bridgehead atoms. The highest BCUT2D eigenvalue weighted by Crippen LogP contribution is 2.23. The Morgan fingerprint density at radius 1 is 1.19 bits per heavy atom. The molecule has 0 aromatic carbocycles. The highest BCUT2D eigenvalue weighted by atomic mass is 16.5. The van der Waals surface area contributed by atoms with Crippen molar-refractivity contribution in [3.8, 4) is 0 Å². The molecule has 0 aliphatic carbocycles. The van der Waals surface area contributed by atoms with Gasteiger partial charge in [0, 0.05) is 26.2 Å². The summed E-state index contributed by atoms with van der Waals surface area (Å²) in [5.74, 6) is 1.64. The smallest absolute Gasteiger partial charge is 0.138 e. The second kappa shape index (κ2) is 9.33. The summed E-state index contributed by atoms with van der Waals surface area (Å²) in [6, 6.07) is 0. The van der Waals surface area contributed by atoms with Crippen molar-refractivity contribution < 1.29 is 4.74 Å². The normalized spacial score (nSPS) is 15.6. The molecule has 4 nitrogen and oxygen atoms in total. The van der Waals surface area contributed by atoms with Gasteiger partial charge in [-0.05, 0) is 12.8 Å². The number of nitrogens with zero attached hydrogens (tertiary/aromatic N) is 3. The Balaban J connectivity index is 0.000000509. The zero-order chi connectivity index (χ0) is 12.4. The summed E-state index contributed by atoms with van der Waals surface area (Å²) in [5, 5.41) is 4.06. The van der Waals surface area contributed by atoms with E-state index in [9.17, 15) is 0 Å². The van der Waals surface area contributed by atoms with Crippen molar-refractivity contribution in [1.82, 2.24) is 14.8 Å². The minimum atomic E-state index is 0.547. The first kappa shape index (κ1) is 15.1. The molecule has 0 unspecified atom stereocenters. The lowest BCUT2D eigenvalue weighted by molar-refractivity contribution is 0.0828. The number of ether oxygens (including phenoxy) is 1. The van der Waals surface area contributed by atoms with Gasteiger partial charge in [0.05, 0.1) is 0 Å². The first-order chi connectivity index (χ1) is 7.88. The average Bonchev–Trinajstić information content (AvgIpc) is 2.82. The van der Waals surface area contributed by atoms with E-state index in [1.54, 1.807) is 6.33 Å². The van der Waals surface area contributed by atoms with Gasteiger partial charge in [0.2, 0.25) is 0 Å². The number of aryl methyl sites for hydroxylation is 1. The van der Waals surface area contributed by atoms with Gasteiger partial charge >= 0.3 is 0 Å². The fourth-order valence-corrected chi connectivity index (χ4v) is 1.63. The van der Waals surface area contributed by atoms with E-state index in [1.165, 1.54) is 0 Å². The van der Waals surface area contributed by atoms with Crippen LogP contribution in [-0.4, -0.2) is 28.0 Å². The molecule has 94 valence electrons. The van der Waals surface area contributed by atoms with E-state index in [2.05, 4.69) is 10.1 Å². The van der Waals surface area contributed by atoms with E-state index in [0.29, 0.717) is 5.92 Å². The zero-order valence-electron chi connectivity index (χ0n) is 11.2. The molecule has 0 spiro atoms. The van der Waals surface area contributed by atoms with E-state index in [0.717, 1.165) is 31.9 Å². The largest absolute Gasteiger partial charge is 0.381 e. The Hall–Kier alpha value is -0.900. The van der Waals surface area contributed by atoms with Crippen LogP contribution in [0.5, 0.6) is 0 Å². The van der Waals surface area contributed by atoms with Crippen LogP contribution in [0.25, 0.3) is 0 Å². The molecule has 2 rings (SSSR count). The van der Waals surface area contributed by atoms with Crippen molar-refractivity contribution in [1.29, 1.82) is 0 Å². The number of hydrogen-bond acceptors (Lipinski definition) is 3. The summed E-state index contributed by atoms with van der Waals surface area (Å²) < 4.78 is 7.14. The molecule has 1 saturated heterocycles. The summed E-state index contributed by atoms with van der Waals surface area (Å²) >= 11 is 0. The Morgan fingerprint density at radius 3 is 2.19 bits per heavy atom. The van der Waals surface area contributed by atoms with Crippen LogP contribution in [0.4, 0.5) is 0 Å². The van der Waals surface area contributed by atoms with Gasteiger partial charge in [-0.1, -0.05) is 27.7 Å². The third-order valence-electron chi connectivity index (χ3n) is 2.33. The molecule has 0 radical (unpaired) electrons. The summed E-state index contributed by atoms with van der Waals surface area (Å²) in [6.07, 6.45) is 3.77. The molecule has 1 aliphatic heterocycles. The Kier molecular flexibility index (Phi) is 8.81. The molecule has 0 saturated carbocycles. The van der Waals surface area contributed by atoms with Gasteiger partial charge in [-0.2, -0.15) is 5.10 Å². The summed E-state index contributed by atoms with van der Waals surface area (Å²) in [4.78, 5) is 4.24. The third-order valence-corrected chi connectivity index (χ3v) is 2.33. The fourth-order valence-electron chi connectivity index (χ4n) is 1.63. The van der Waals surface area contributed by atoms with Gasteiger partial charge in [0.15, 0.2) is 0 Å². The van der Waals surface area contributed by atoms with Gasteiger partial charge in [-0.25, -0.2) is 4.98 Å². The second-order valence-electron chi connectivity index (χ2n) is 3.13. The highest BCUT2D eigenvalue weighted by Gasteiger charge is 2.19. The first-order valence-electron chi connectivity index (χ1n) is 6.29. The van der Waals surface area contributed by atoms with Gasteiger partial charge < -0.3 is 4.74 Å². The topological polar surface area (TPSA) is 39.9 Å². The third kappa shape index (κ3) is 4.31. The molecular weight excluding hydrogens is 202 g/mol. The van der Waals surface area contributed by atoms with Crippen LogP contribution < -0.4 is 0 Å². The Labute approximate surface area is 99.0 Å². The fraction of sp³-hybridized carbons (Fsp3) is 0.833. The molecular formula is C12H25N3O. The summed E-state index contributed by atoms with van der Waals surface area (Å²) in [5.41, 5.74) is 0. The van der Waals surface area contributed by atoms with E-state index in [4.69, 9.17) is 4.74 Å². The lowest BCUT2D eigenvalue weighted by Crippen LogP contribution is -2.17. The molecule has 1 aromatic heterocycles. The lowest BCUT2D eigenvalue weighted by atomic mass is 10.00. The van der Waals surface area contributed by atoms with Crippen molar-refractivity contribution in [2.24, 2.45) is 7.05 Å². The molecule has 16 heavy (non-hydrogen) atoms. The summed E-state index contributed by atoms with van der Waals surface area (Å²) in [6.45, 7) is 9.72. The van der Waals surface area contributed by atoms with E-state index >= 15 is 0 Å². The molecule has 4 heteroatoms. The van der Waals surface area contributed by atoms with Gasteiger partial charge in [-0.15, -0.1) is 0 Å². The minimum Gasteiger partial charge on any atom is -0.381 e. The highest BCUT2D eigenvalue weighted by molar-refractivity contribution is 4.95. The van der Waals surface area contributed by atoms with E-state index < -0.39 is 0 Å². The minimum absolute atomic E-state index is 0.547. The average molecular weight is 227 g/mol. The van der Waals surface area contributed by atoms with E-state index in [1.807, 2.05) is 39.4 Å². The van der Waals surface area contributed by atoms with Crippen molar-refractivity contribution in [3.63, 3.8) is 0 Å². The van der Waals surface area contributed by atoms with Crippen LogP contribution in [0.3, 0.4) is 0 Å². The predicted octanol–water partition coefficient (Wildman–Crippen LogP) is 2.76. The lowest BCUT2D eigenvalue weighted by Gasteiger charge is -2.20. The van der Waals surface area contributed by atoms with Crippen LogP contribution in [0.2, 0.25) is 0 Å². The molecule has 0 atom stereocenters. The number of rotatable bonds is 1. The molecule has 0 amide bonds. The molecule has 2 heterocycles. The Morgan fingerprint density at radius 2 is 1.75 bits per heavy atom. The van der Waals surface area contributed by atoms with Crippen LogP contribution in [0, 0.1) is 0 Å². The number of aromatic nitrogens is 3. The zero-order valence-corrected chi connectivity index (χ0v) is 11.2. The van der Waals surface area contributed by atoms with Crippen LogP contribution in [0.1, 0.15) is 52.3 Å². The summed E-state index contributed by atoms with van der Waals surface area (Å²) in [7, 11) is 1.94. The van der Waals surface area contributed by atoms with E-state index in [-0.39, 0.29) is 0 Å². The predicted molar refractivity (Wildman–Crippen MR) is 66.5 cm³/mol. The SMILES string of the molecule is CC.CC.Cn1ncnc1C1CCOCC1. The Bertz CT molecular complexity index is 255. The van der Waals surface area contributed by atoms with Crippen molar-refractivity contribution >= 4 is 0 Å². The van der Waals surface area contributed by atoms with Gasteiger partial charge in [-0.3, -0.25) is 4.68 Å². The van der Waals surface area contributed by atoms with Crippen LogP contribution in [-0.2, 0) is 11.8 Å². The molecule has 1 aromatic rings. The standard InChI is InChI=1S/C8H13N3O.2C2H6/c1-11-8(9-6-10-11)7-2-4-12-5-3-7;2*1-2/h6-7H,2-5H2,1H3;2*1-2H3. The van der Waals surface area contributed by atoms with Gasteiger partial charge in [0.1, 0.15) is 12.2 Å². The quantitative estimate of drug-likeness (QED) is 0.740. The number of hydrogen-bond donors (Lipinski definition) is 0.